The molecule has 0 saturated heterocycles. The van der Waals surface area contributed by atoms with Gasteiger partial charge in [0.1, 0.15) is 11.6 Å². The lowest BCUT2D eigenvalue weighted by Gasteiger charge is -2.06. The maximum Gasteiger partial charge on any atom is 0.377 e. The smallest absolute Gasteiger partial charge is 0.377 e. The highest BCUT2D eigenvalue weighted by Crippen LogP contribution is 2.31. The molecule has 1 aromatic carbocycles. The number of aromatic nitrogens is 3. The average molecular weight is 275 g/mol. The predicted octanol–water partition coefficient (Wildman–Crippen LogP) is 2.04. The van der Waals surface area contributed by atoms with Gasteiger partial charge in [-0.2, -0.15) is 4.98 Å². The molecular formula is C13H7F2N3O2. The van der Waals surface area contributed by atoms with E-state index in [4.69, 9.17) is 0 Å². The molecule has 0 saturated carbocycles. The zero-order valence-corrected chi connectivity index (χ0v) is 9.92. The molecule has 0 spiro atoms. The minimum absolute atomic E-state index is 0.0186. The number of pyridine rings is 1. The van der Waals surface area contributed by atoms with Crippen LogP contribution in [0.3, 0.4) is 0 Å². The number of aromatic hydroxyl groups is 1. The molecule has 0 radical (unpaired) electrons. The summed E-state index contributed by atoms with van der Waals surface area (Å²) in [6.45, 7) is 0. The van der Waals surface area contributed by atoms with Gasteiger partial charge in [-0.05, 0) is 24.3 Å². The zero-order valence-electron chi connectivity index (χ0n) is 9.92. The number of hydrogen-bond donors (Lipinski definition) is 1. The largest absolute Gasteiger partial charge is 0.507 e. The summed E-state index contributed by atoms with van der Waals surface area (Å²) < 4.78 is 27.4. The first-order valence-corrected chi connectivity index (χ1v) is 5.61. The number of halogens is 2. The second kappa shape index (κ2) is 4.37. The molecule has 0 amide bonds. The standard InChI is InChI=1S/C13H7F2N3O2/c14-8-2-1-3-10(19)11(8)9-5-4-7-6-16-13(20)18(15)12(7)17-9/h1-6,19H. The third-order valence-electron chi connectivity index (χ3n) is 2.82. The number of phenolic OH excluding ortho intramolecular Hbond substituents is 1. The first kappa shape index (κ1) is 12.2. The number of phenols is 1. The van der Waals surface area contributed by atoms with Gasteiger partial charge in [-0.3, -0.25) is 0 Å². The van der Waals surface area contributed by atoms with Crippen molar-refractivity contribution in [1.82, 2.24) is 14.8 Å². The molecule has 3 aromatic rings. The van der Waals surface area contributed by atoms with Crippen LogP contribution < -0.4 is 5.69 Å². The van der Waals surface area contributed by atoms with Crippen LogP contribution in [0.1, 0.15) is 0 Å². The van der Waals surface area contributed by atoms with Crippen molar-refractivity contribution in [3.05, 3.63) is 52.8 Å². The van der Waals surface area contributed by atoms with Crippen molar-refractivity contribution in [2.24, 2.45) is 0 Å². The van der Waals surface area contributed by atoms with Crippen molar-refractivity contribution in [2.45, 2.75) is 0 Å². The van der Waals surface area contributed by atoms with Crippen LogP contribution in [0, 0.1) is 5.82 Å². The first-order chi connectivity index (χ1) is 9.58. The lowest BCUT2D eigenvalue weighted by atomic mass is 10.1. The molecule has 0 aliphatic rings. The van der Waals surface area contributed by atoms with Gasteiger partial charge in [0, 0.05) is 11.6 Å². The van der Waals surface area contributed by atoms with E-state index in [0.717, 1.165) is 6.07 Å². The van der Waals surface area contributed by atoms with E-state index in [1.54, 1.807) is 0 Å². The Labute approximate surface area is 110 Å². The molecule has 0 aliphatic carbocycles. The molecule has 20 heavy (non-hydrogen) atoms. The van der Waals surface area contributed by atoms with E-state index in [9.17, 15) is 18.8 Å². The fourth-order valence-electron chi connectivity index (χ4n) is 1.89. The van der Waals surface area contributed by atoms with E-state index < -0.39 is 11.5 Å². The van der Waals surface area contributed by atoms with Gasteiger partial charge >= 0.3 is 5.69 Å². The Kier molecular flexibility index (Phi) is 2.67. The van der Waals surface area contributed by atoms with E-state index in [1.165, 1.54) is 30.5 Å². The Morgan fingerprint density at radius 3 is 2.75 bits per heavy atom. The normalized spacial score (nSPS) is 10.9. The number of nitrogens with zero attached hydrogens (tertiary/aromatic N) is 3. The van der Waals surface area contributed by atoms with Crippen LogP contribution in [0.2, 0.25) is 0 Å². The minimum atomic E-state index is -1.11. The summed E-state index contributed by atoms with van der Waals surface area (Å²) in [6.07, 6.45) is 1.17. The Bertz CT molecular complexity index is 857. The summed E-state index contributed by atoms with van der Waals surface area (Å²) in [7, 11) is 0. The van der Waals surface area contributed by atoms with Crippen LogP contribution in [0.25, 0.3) is 22.3 Å². The lowest BCUT2D eigenvalue weighted by molar-refractivity contribution is 0.359. The molecule has 1 N–H and O–H groups in total. The summed E-state index contributed by atoms with van der Waals surface area (Å²) in [5.41, 5.74) is -1.53. The maximum atomic E-state index is 13.7. The van der Waals surface area contributed by atoms with Gasteiger partial charge in [0.2, 0.25) is 0 Å². The predicted molar refractivity (Wildman–Crippen MR) is 67.4 cm³/mol. The third-order valence-corrected chi connectivity index (χ3v) is 2.82. The molecule has 100 valence electrons. The molecule has 5 nitrogen and oxygen atoms in total. The highest BCUT2D eigenvalue weighted by atomic mass is 19.2. The first-order valence-electron chi connectivity index (χ1n) is 5.61. The van der Waals surface area contributed by atoms with Crippen LogP contribution in [0.4, 0.5) is 8.87 Å². The van der Waals surface area contributed by atoms with E-state index >= 15 is 0 Å². The van der Waals surface area contributed by atoms with Crippen LogP contribution in [0.5, 0.6) is 5.75 Å². The summed E-state index contributed by atoms with van der Waals surface area (Å²) in [5.74, 6) is -1.02. The van der Waals surface area contributed by atoms with Crippen LogP contribution in [-0.2, 0) is 0 Å². The van der Waals surface area contributed by atoms with Gasteiger partial charge in [-0.25, -0.2) is 14.2 Å². The second-order valence-electron chi connectivity index (χ2n) is 4.06. The van der Waals surface area contributed by atoms with Gasteiger partial charge in [0.05, 0.1) is 11.3 Å². The second-order valence-corrected chi connectivity index (χ2v) is 4.06. The highest BCUT2D eigenvalue weighted by molar-refractivity contribution is 5.79. The van der Waals surface area contributed by atoms with E-state index in [1.807, 2.05) is 0 Å². The minimum Gasteiger partial charge on any atom is -0.507 e. The number of fused-ring (bicyclic) bond motifs is 1. The van der Waals surface area contributed by atoms with Gasteiger partial charge in [0.25, 0.3) is 0 Å². The van der Waals surface area contributed by atoms with Crippen molar-refractivity contribution in [2.75, 3.05) is 0 Å². The quantitative estimate of drug-likeness (QED) is 0.738. The molecule has 7 heteroatoms. The fourth-order valence-corrected chi connectivity index (χ4v) is 1.89. The monoisotopic (exact) mass is 275 g/mol. The van der Waals surface area contributed by atoms with Crippen LogP contribution >= 0.6 is 0 Å². The highest BCUT2D eigenvalue weighted by Gasteiger charge is 2.14. The molecule has 2 heterocycles. The van der Waals surface area contributed by atoms with Gasteiger partial charge in [-0.15, -0.1) is 4.79 Å². The summed E-state index contributed by atoms with van der Waals surface area (Å²) in [6, 6.07) is 6.62. The van der Waals surface area contributed by atoms with Crippen molar-refractivity contribution in [3.63, 3.8) is 0 Å². The number of rotatable bonds is 1. The van der Waals surface area contributed by atoms with Crippen molar-refractivity contribution >= 4 is 11.0 Å². The zero-order chi connectivity index (χ0) is 14.3. The molecular weight excluding hydrogens is 268 g/mol. The average Bonchev–Trinajstić information content (AvgIpc) is 2.43. The fraction of sp³-hybridized carbons (Fsp3) is 0. The SMILES string of the molecule is O=c1ncc2ccc(-c3c(O)cccc3F)nc2n1F. The van der Waals surface area contributed by atoms with Crippen molar-refractivity contribution < 1.29 is 14.0 Å². The Hall–Kier alpha value is -2.83. The summed E-state index contributed by atoms with van der Waals surface area (Å²) >= 11 is 0. The number of benzene rings is 1. The molecule has 0 atom stereocenters. The summed E-state index contributed by atoms with van der Waals surface area (Å²) in [4.78, 5) is 18.1. The Morgan fingerprint density at radius 1 is 1.20 bits per heavy atom. The van der Waals surface area contributed by atoms with E-state index in [-0.39, 0.29) is 32.8 Å². The topological polar surface area (TPSA) is 68.0 Å². The molecule has 3 rings (SSSR count). The van der Waals surface area contributed by atoms with Crippen molar-refractivity contribution in [1.29, 1.82) is 0 Å². The van der Waals surface area contributed by atoms with E-state index in [0.29, 0.717) is 0 Å². The van der Waals surface area contributed by atoms with E-state index in [2.05, 4.69) is 9.97 Å². The maximum absolute atomic E-state index is 13.7. The molecule has 0 unspecified atom stereocenters. The third kappa shape index (κ3) is 1.80. The van der Waals surface area contributed by atoms with Crippen LogP contribution in [-0.4, -0.2) is 19.9 Å². The molecule has 2 aromatic heterocycles. The molecule has 0 fully saturated rings. The Morgan fingerprint density at radius 2 is 2.00 bits per heavy atom. The van der Waals surface area contributed by atoms with Crippen molar-refractivity contribution in [3.8, 4) is 17.0 Å². The lowest BCUT2D eigenvalue weighted by Crippen LogP contribution is -2.17. The summed E-state index contributed by atoms with van der Waals surface area (Å²) in [5, 5.41) is 9.97. The van der Waals surface area contributed by atoms with Gasteiger partial charge in [-0.1, -0.05) is 10.5 Å². The molecule has 0 aliphatic heterocycles. The van der Waals surface area contributed by atoms with Gasteiger partial charge < -0.3 is 5.11 Å². The Balaban J connectivity index is 2.33. The van der Waals surface area contributed by atoms with Crippen LogP contribution in [0.15, 0.2) is 41.3 Å². The molecule has 0 bridgehead atoms. The number of hydrogen-bond acceptors (Lipinski definition) is 4. The van der Waals surface area contributed by atoms with Gasteiger partial charge in [0.15, 0.2) is 5.65 Å².